The molecule has 156 valence electrons. The van der Waals surface area contributed by atoms with Crippen molar-refractivity contribution in [1.82, 2.24) is 10.2 Å². The van der Waals surface area contributed by atoms with Crippen molar-refractivity contribution >= 4 is 27.6 Å². The number of rotatable bonds is 7. The summed E-state index contributed by atoms with van der Waals surface area (Å²) in [5.41, 5.74) is -0.647. The molecule has 1 heterocycles. The van der Waals surface area contributed by atoms with E-state index in [2.05, 4.69) is 5.32 Å². The average molecular weight is 405 g/mol. The molecule has 1 rings (SSSR count). The predicted molar refractivity (Wildman–Crippen MR) is 102 cm³/mol. The van der Waals surface area contributed by atoms with E-state index in [-0.39, 0.29) is 23.5 Å². The lowest BCUT2D eigenvalue weighted by molar-refractivity contribution is -0.156. The molecule has 1 aliphatic rings. The Morgan fingerprint density at radius 2 is 1.81 bits per heavy atom. The number of carbonyl (C=O) groups is 3. The Bertz CT molecular complexity index is 668. The Hall–Kier alpha value is -1.64. The predicted octanol–water partition coefficient (Wildman–Crippen LogP) is 0.895. The summed E-state index contributed by atoms with van der Waals surface area (Å²) in [6, 6.07) is -1.44. The van der Waals surface area contributed by atoms with Crippen LogP contribution in [0.5, 0.6) is 0 Å². The fraction of sp³-hybridized carbons (Fsp3) is 0.833. The zero-order chi connectivity index (χ0) is 21.0. The van der Waals surface area contributed by atoms with Crippen molar-refractivity contribution in [3.8, 4) is 0 Å². The number of sulfone groups is 1. The number of hydrogen-bond acceptors (Lipinski definition) is 6. The van der Waals surface area contributed by atoms with Crippen molar-refractivity contribution in [2.24, 2.45) is 5.41 Å². The zero-order valence-corrected chi connectivity index (χ0v) is 17.9. The first-order chi connectivity index (χ1) is 12.3. The number of amides is 2. The van der Waals surface area contributed by atoms with Crippen LogP contribution in [-0.2, 0) is 29.0 Å². The van der Waals surface area contributed by atoms with Gasteiger partial charge in [0.15, 0.2) is 16.4 Å². The summed E-state index contributed by atoms with van der Waals surface area (Å²) in [5.74, 6) is -1.42. The van der Waals surface area contributed by atoms with Crippen LogP contribution in [0.4, 0.5) is 0 Å². The van der Waals surface area contributed by atoms with E-state index >= 15 is 0 Å². The van der Waals surface area contributed by atoms with Gasteiger partial charge in [-0.2, -0.15) is 0 Å². The molecule has 1 aliphatic heterocycles. The van der Waals surface area contributed by atoms with E-state index < -0.39 is 45.8 Å². The number of carbonyl (C=O) groups excluding carboxylic acids is 3. The van der Waals surface area contributed by atoms with Crippen LogP contribution in [0, 0.1) is 5.41 Å². The molecule has 2 amide bonds. The van der Waals surface area contributed by atoms with Gasteiger partial charge in [-0.1, -0.05) is 27.7 Å². The largest absolute Gasteiger partial charge is 0.454 e. The molecule has 1 saturated heterocycles. The van der Waals surface area contributed by atoms with Crippen LogP contribution in [0.25, 0.3) is 0 Å². The van der Waals surface area contributed by atoms with Crippen molar-refractivity contribution in [2.75, 3.05) is 18.1 Å². The standard InChI is InChI=1S/C18H32N2O6S/c1-7-12(2)20(14-8-9-27(24,25)11-14)15(21)10-26-16(22)13(3)19-17(23)18(4,5)6/h12-14H,7-11H2,1-6H3,(H,19,23)/t12-,13+,14-/m0/s1. The van der Waals surface area contributed by atoms with E-state index in [1.807, 2.05) is 13.8 Å². The van der Waals surface area contributed by atoms with Crippen LogP contribution in [0.15, 0.2) is 0 Å². The molecule has 1 fully saturated rings. The number of ether oxygens (including phenoxy) is 1. The molecule has 0 aromatic rings. The van der Waals surface area contributed by atoms with Gasteiger partial charge >= 0.3 is 5.97 Å². The van der Waals surface area contributed by atoms with Gasteiger partial charge in [0.05, 0.1) is 11.5 Å². The van der Waals surface area contributed by atoms with E-state index in [0.717, 1.165) is 0 Å². The highest BCUT2D eigenvalue weighted by atomic mass is 32.2. The van der Waals surface area contributed by atoms with Crippen molar-refractivity contribution < 1.29 is 27.5 Å². The lowest BCUT2D eigenvalue weighted by Crippen LogP contribution is -2.49. The highest BCUT2D eigenvalue weighted by Crippen LogP contribution is 2.21. The molecule has 9 heteroatoms. The average Bonchev–Trinajstić information content (AvgIpc) is 2.90. The van der Waals surface area contributed by atoms with Gasteiger partial charge in [-0.05, 0) is 26.7 Å². The summed E-state index contributed by atoms with van der Waals surface area (Å²) in [4.78, 5) is 38.2. The maximum absolute atomic E-state index is 12.6. The van der Waals surface area contributed by atoms with Crippen molar-refractivity contribution in [2.45, 2.75) is 72.5 Å². The van der Waals surface area contributed by atoms with Gasteiger partial charge in [0, 0.05) is 17.5 Å². The molecule has 0 bridgehead atoms. The molecular weight excluding hydrogens is 372 g/mol. The maximum Gasteiger partial charge on any atom is 0.328 e. The van der Waals surface area contributed by atoms with Gasteiger partial charge in [0.1, 0.15) is 6.04 Å². The summed E-state index contributed by atoms with van der Waals surface area (Å²) < 4.78 is 28.6. The fourth-order valence-corrected chi connectivity index (χ4v) is 4.52. The van der Waals surface area contributed by atoms with Crippen LogP contribution in [0.1, 0.15) is 54.4 Å². The monoisotopic (exact) mass is 404 g/mol. The Morgan fingerprint density at radius 1 is 1.22 bits per heavy atom. The SMILES string of the molecule is CC[C@H](C)N(C(=O)COC(=O)[C@@H](C)NC(=O)C(C)(C)C)[C@H]1CCS(=O)(=O)C1. The van der Waals surface area contributed by atoms with Crippen LogP contribution in [0.3, 0.4) is 0 Å². The molecule has 0 spiro atoms. The third-order valence-electron chi connectivity index (χ3n) is 4.68. The van der Waals surface area contributed by atoms with Crippen molar-refractivity contribution in [3.05, 3.63) is 0 Å². The Labute approximate surface area is 161 Å². The topological polar surface area (TPSA) is 110 Å². The van der Waals surface area contributed by atoms with Gasteiger partial charge in [0.25, 0.3) is 5.91 Å². The number of hydrogen-bond donors (Lipinski definition) is 1. The molecule has 8 nitrogen and oxygen atoms in total. The van der Waals surface area contributed by atoms with E-state index in [1.54, 1.807) is 20.8 Å². The first-order valence-electron chi connectivity index (χ1n) is 9.27. The number of esters is 1. The maximum atomic E-state index is 12.6. The Morgan fingerprint density at radius 3 is 2.26 bits per heavy atom. The van der Waals surface area contributed by atoms with Gasteiger partial charge in [-0.15, -0.1) is 0 Å². The Balaban J connectivity index is 2.68. The van der Waals surface area contributed by atoms with E-state index in [1.165, 1.54) is 11.8 Å². The van der Waals surface area contributed by atoms with Crippen molar-refractivity contribution in [3.63, 3.8) is 0 Å². The van der Waals surface area contributed by atoms with Crippen LogP contribution in [-0.4, -0.2) is 67.3 Å². The summed E-state index contributed by atoms with van der Waals surface area (Å²) in [7, 11) is -3.14. The third-order valence-corrected chi connectivity index (χ3v) is 6.43. The quantitative estimate of drug-likeness (QED) is 0.631. The number of nitrogens with one attached hydrogen (secondary N) is 1. The Kier molecular flexibility index (Phi) is 7.83. The summed E-state index contributed by atoms with van der Waals surface area (Å²) in [6.45, 7) is 9.94. The minimum atomic E-state index is -3.14. The van der Waals surface area contributed by atoms with Crippen LogP contribution >= 0.6 is 0 Å². The second kappa shape index (κ2) is 9.03. The summed E-state index contributed by atoms with van der Waals surface area (Å²) in [5, 5.41) is 2.55. The molecule has 0 aromatic heterocycles. The highest BCUT2D eigenvalue weighted by Gasteiger charge is 2.37. The molecule has 27 heavy (non-hydrogen) atoms. The van der Waals surface area contributed by atoms with Crippen LogP contribution in [0.2, 0.25) is 0 Å². The second-order valence-electron chi connectivity index (χ2n) is 8.17. The molecule has 3 atom stereocenters. The lowest BCUT2D eigenvalue weighted by atomic mass is 9.95. The van der Waals surface area contributed by atoms with Crippen molar-refractivity contribution in [1.29, 1.82) is 0 Å². The smallest absolute Gasteiger partial charge is 0.328 e. The van der Waals surface area contributed by atoms with Gasteiger partial charge < -0.3 is 15.0 Å². The minimum Gasteiger partial charge on any atom is -0.454 e. The lowest BCUT2D eigenvalue weighted by Gasteiger charge is -2.33. The number of nitrogens with zero attached hydrogens (tertiary/aromatic N) is 1. The van der Waals surface area contributed by atoms with Gasteiger partial charge in [-0.3, -0.25) is 9.59 Å². The minimum absolute atomic E-state index is 0.0604. The molecule has 0 aromatic carbocycles. The third kappa shape index (κ3) is 6.79. The molecule has 0 radical (unpaired) electrons. The normalized spacial score (nSPS) is 21.2. The highest BCUT2D eigenvalue weighted by molar-refractivity contribution is 7.91. The summed E-state index contributed by atoms with van der Waals surface area (Å²) in [6.07, 6.45) is 1.05. The second-order valence-corrected chi connectivity index (χ2v) is 10.4. The van der Waals surface area contributed by atoms with Gasteiger partial charge in [-0.25, -0.2) is 13.2 Å². The summed E-state index contributed by atoms with van der Waals surface area (Å²) >= 11 is 0. The van der Waals surface area contributed by atoms with Crippen LogP contribution < -0.4 is 5.32 Å². The first kappa shape index (κ1) is 23.4. The molecule has 0 aliphatic carbocycles. The zero-order valence-electron chi connectivity index (χ0n) is 17.1. The molecule has 0 unspecified atom stereocenters. The van der Waals surface area contributed by atoms with E-state index in [0.29, 0.717) is 12.8 Å². The molecule has 0 saturated carbocycles. The van der Waals surface area contributed by atoms with E-state index in [4.69, 9.17) is 4.74 Å². The fourth-order valence-electron chi connectivity index (χ4n) is 2.81. The molecule has 1 N–H and O–H groups in total. The van der Waals surface area contributed by atoms with Gasteiger partial charge in [0.2, 0.25) is 5.91 Å². The first-order valence-corrected chi connectivity index (χ1v) is 11.1. The van der Waals surface area contributed by atoms with E-state index in [9.17, 15) is 22.8 Å². The molecular formula is C18H32N2O6S.